The highest BCUT2D eigenvalue weighted by Gasteiger charge is 2.16. The predicted octanol–water partition coefficient (Wildman–Crippen LogP) is 3.14. The minimum absolute atomic E-state index is 0.472. The molecule has 6 heteroatoms. The van der Waals surface area contributed by atoms with Crippen molar-refractivity contribution in [3.63, 3.8) is 0 Å². The molecule has 0 aliphatic heterocycles. The third kappa shape index (κ3) is 3.58. The molecule has 0 saturated carbocycles. The topological polar surface area (TPSA) is 42.7 Å². The molecule has 1 N–H and O–H groups in total. The number of hydrogen-bond acceptors (Lipinski definition) is 5. The van der Waals surface area contributed by atoms with Crippen LogP contribution in [0.3, 0.4) is 0 Å². The number of rotatable bonds is 5. The molecule has 2 heterocycles. The van der Waals surface area contributed by atoms with Gasteiger partial charge < -0.3 is 5.32 Å². The first-order valence-corrected chi connectivity index (χ1v) is 8.03. The Balaban J connectivity index is 2.23. The van der Waals surface area contributed by atoms with Gasteiger partial charge in [0.15, 0.2) is 4.34 Å². The van der Waals surface area contributed by atoms with Crippen LogP contribution < -0.4 is 5.32 Å². The van der Waals surface area contributed by atoms with Crippen molar-refractivity contribution in [3.8, 4) is 0 Å². The summed E-state index contributed by atoms with van der Waals surface area (Å²) in [7, 11) is 1.99. The molecule has 0 amide bonds. The molecule has 0 atom stereocenters. The smallest absolute Gasteiger partial charge is 0.156 e. The van der Waals surface area contributed by atoms with Gasteiger partial charge in [0.25, 0.3) is 0 Å². The molecule has 4 nitrogen and oxygen atoms in total. The van der Waals surface area contributed by atoms with Crippen molar-refractivity contribution in [2.45, 2.75) is 49.6 Å². The van der Waals surface area contributed by atoms with Crippen LogP contribution in [0.25, 0.3) is 0 Å². The van der Waals surface area contributed by atoms with Crippen molar-refractivity contribution in [3.05, 3.63) is 22.3 Å². The average molecular weight is 296 g/mol. The first-order chi connectivity index (χ1) is 8.97. The fraction of sp³-hybridized carbons (Fsp3) is 0.538. The highest BCUT2D eigenvalue weighted by atomic mass is 32.2. The molecular formula is C13H20N4S2. The maximum atomic E-state index is 4.52. The summed E-state index contributed by atoms with van der Waals surface area (Å²) in [4.78, 5) is 4.51. The van der Waals surface area contributed by atoms with Gasteiger partial charge in [0, 0.05) is 36.3 Å². The minimum Gasteiger partial charge on any atom is -0.310 e. The number of nitrogens with zero attached hydrogens (tertiary/aromatic N) is 3. The second kappa shape index (κ2) is 6.07. The largest absolute Gasteiger partial charge is 0.310 e. The molecule has 2 aromatic rings. The predicted molar refractivity (Wildman–Crippen MR) is 80.9 cm³/mol. The maximum Gasteiger partial charge on any atom is 0.156 e. The quantitative estimate of drug-likeness (QED) is 0.920. The Labute approximate surface area is 122 Å². The van der Waals surface area contributed by atoms with E-state index in [4.69, 9.17) is 0 Å². The van der Waals surface area contributed by atoms with Gasteiger partial charge in [0.1, 0.15) is 5.03 Å². The Morgan fingerprint density at radius 3 is 2.74 bits per heavy atom. The van der Waals surface area contributed by atoms with E-state index < -0.39 is 0 Å². The number of hydrogen-bond donors (Lipinski definition) is 1. The van der Waals surface area contributed by atoms with Crippen LogP contribution in [-0.4, -0.2) is 20.8 Å². The standard InChI is InChI=1S/C13H20N4S2/c1-8(2)14-6-11-10(4)16-17(5)12(11)19-13-15-9(3)7-18-13/h7-8,14H,6H2,1-5H3. The van der Waals surface area contributed by atoms with Crippen LogP contribution in [0.4, 0.5) is 0 Å². The molecule has 0 spiro atoms. The molecule has 0 unspecified atom stereocenters. The van der Waals surface area contributed by atoms with Crippen molar-refractivity contribution >= 4 is 23.1 Å². The molecular weight excluding hydrogens is 276 g/mol. The van der Waals surface area contributed by atoms with Crippen molar-refractivity contribution in [1.29, 1.82) is 0 Å². The summed E-state index contributed by atoms with van der Waals surface area (Å²) in [6.45, 7) is 9.25. The third-order valence-electron chi connectivity index (χ3n) is 2.76. The average Bonchev–Trinajstić information content (AvgIpc) is 2.83. The Bertz CT molecular complexity index is 557. The van der Waals surface area contributed by atoms with E-state index >= 15 is 0 Å². The monoisotopic (exact) mass is 296 g/mol. The van der Waals surface area contributed by atoms with Crippen LogP contribution in [0.2, 0.25) is 0 Å². The van der Waals surface area contributed by atoms with Gasteiger partial charge in [-0.2, -0.15) is 5.10 Å². The summed E-state index contributed by atoms with van der Waals surface area (Å²) in [5.41, 5.74) is 3.44. The molecule has 19 heavy (non-hydrogen) atoms. The lowest BCUT2D eigenvalue weighted by Crippen LogP contribution is -2.22. The van der Waals surface area contributed by atoms with Gasteiger partial charge in [-0.3, -0.25) is 4.68 Å². The van der Waals surface area contributed by atoms with Crippen LogP contribution in [0.15, 0.2) is 14.7 Å². The van der Waals surface area contributed by atoms with Gasteiger partial charge in [-0.1, -0.05) is 13.8 Å². The van der Waals surface area contributed by atoms with E-state index in [1.54, 1.807) is 23.1 Å². The van der Waals surface area contributed by atoms with Crippen molar-refractivity contribution < 1.29 is 0 Å². The van der Waals surface area contributed by atoms with Crippen LogP contribution in [-0.2, 0) is 13.6 Å². The van der Waals surface area contributed by atoms with Gasteiger partial charge in [-0.15, -0.1) is 11.3 Å². The molecule has 2 aromatic heterocycles. The van der Waals surface area contributed by atoms with E-state index in [1.165, 1.54) is 10.6 Å². The summed E-state index contributed by atoms with van der Waals surface area (Å²) < 4.78 is 3.03. The molecule has 0 aliphatic carbocycles. The molecule has 0 aromatic carbocycles. The first-order valence-electron chi connectivity index (χ1n) is 6.33. The van der Waals surface area contributed by atoms with Crippen molar-refractivity contribution in [2.75, 3.05) is 0 Å². The van der Waals surface area contributed by atoms with Crippen LogP contribution >= 0.6 is 23.1 Å². The Kier molecular flexibility index (Phi) is 4.65. The van der Waals surface area contributed by atoms with Crippen LogP contribution in [0.1, 0.15) is 30.8 Å². The molecule has 0 aliphatic rings. The second-order valence-corrected chi connectivity index (χ2v) is 6.98. The number of aryl methyl sites for hydroxylation is 3. The van der Waals surface area contributed by atoms with Gasteiger partial charge in [-0.05, 0) is 25.6 Å². The van der Waals surface area contributed by atoms with E-state index in [1.807, 2.05) is 18.7 Å². The highest BCUT2D eigenvalue weighted by Crippen LogP contribution is 2.33. The van der Waals surface area contributed by atoms with Gasteiger partial charge in [0.2, 0.25) is 0 Å². The number of aromatic nitrogens is 3. The Hall–Kier alpha value is -0.850. The molecule has 0 saturated heterocycles. The van der Waals surface area contributed by atoms with E-state index in [0.29, 0.717) is 6.04 Å². The minimum atomic E-state index is 0.472. The zero-order valence-corrected chi connectivity index (χ0v) is 13.7. The summed E-state index contributed by atoms with van der Waals surface area (Å²) in [6, 6.07) is 0.472. The Morgan fingerprint density at radius 1 is 1.42 bits per heavy atom. The fourth-order valence-electron chi connectivity index (χ4n) is 1.78. The third-order valence-corrected chi connectivity index (χ3v) is 5.02. The summed E-state index contributed by atoms with van der Waals surface area (Å²) in [6.07, 6.45) is 0. The normalized spacial score (nSPS) is 11.5. The van der Waals surface area contributed by atoms with Crippen molar-refractivity contribution in [2.24, 2.45) is 7.05 Å². The lowest BCUT2D eigenvalue weighted by molar-refractivity contribution is 0.580. The fourth-order valence-corrected chi connectivity index (χ4v) is 3.75. The lowest BCUT2D eigenvalue weighted by Gasteiger charge is -2.09. The van der Waals surface area contributed by atoms with Gasteiger partial charge in [0.05, 0.1) is 5.69 Å². The zero-order valence-electron chi connectivity index (χ0n) is 12.0. The van der Waals surface area contributed by atoms with Gasteiger partial charge >= 0.3 is 0 Å². The second-order valence-electron chi connectivity index (χ2n) is 4.89. The SMILES string of the molecule is Cc1csc(Sc2c(CNC(C)C)c(C)nn2C)n1. The maximum absolute atomic E-state index is 4.52. The molecule has 2 rings (SSSR count). The van der Waals surface area contributed by atoms with E-state index in [2.05, 4.69) is 41.6 Å². The molecule has 0 radical (unpaired) electrons. The van der Waals surface area contributed by atoms with Crippen molar-refractivity contribution in [1.82, 2.24) is 20.1 Å². The highest BCUT2D eigenvalue weighted by molar-refractivity contribution is 8.01. The lowest BCUT2D eigenvalue weighted by atomic mass is 10.2. The molecule has 0 fully saturated rings. The molecule has 0 bridgehead atoms. The van der Waals surface area contributed by atoms with E-state index in [0.717, 1.165) is 22.3 Å². The van der Waals surface area contributed by atoms with Crippen LogP contribution in [0, 0.1) is 13.8 Å². The van der Waals surface area contributed by atoms with Gasteiger partial charge in [-0.25, -0.2) is 4.98 Å². The number of nitrogens with one attached hydrogen (secondary N) is 1. The molecule has 104 valence electrons. The number of thiazole rings is 1. The van der Waals surface area contributed by atoms with E-state index in [9.17, 15) is 0 Å². The first kappa shape index (κ1) is 14.6. The van der Waals surface area contributed by atoms with Crippen LogP contribution in [0.5, 0.6) is 0 Å². The summed E-state index contributed by atoms with van der Waals surface area (Å²) >= 11 is 3.39. The zero-order chi connectivity index (χ0) is 14.0. The Morgan fingerprint density at radius 2 is 2.16 bits per heavy atom. The summed E-state index contributed by atoms with van der Waals surface area (Å²) in [5.74, 6) is 0. The summed E-state index contributed by atoms with van der Waals surface area (Å²) in [5, 5.41) is 11.2. The van der Waals surface area contributed by atoms with E-state index in [-0.39, 0.29) is 0 Å².